The van der Waals surface area contributed by atoms with Gasteiger partial charge >= 0.3 is 5.97 Å². The number of nitrogens with one attached hydrogen (secondary N) is 2. The van der Waals surface area contributed by atoms with Crippen molar-refractivity contribution in [1.82, 2.24) is 15.2 Å². The van der Waals surface area contributed by atoms with Gasteiger partial charge in [-0.05, 0) is 42.9 Å². The molecule has 3 rings (SSSR count). The van der Waals surface area contributed by atoms with E-state index in [-0.39, 0.29) is 50.4 Å². The number of hydrogen-bond donors (Lipinski definition) is 3. The number of hydrogen-bond acceptors (Lipinski definition) is 5. The monoisotopic (exact) mass is 559 g/mol. The third-order valence-electron chi connectivity index (χ3n) is 6.90. The molecule has 3 N–H and O–H groups in total. The fourth-order valence-electron chi connectivity index (χ4n) is 4.73. The molecule has 41 heavy (non-hydrogen) atoms. The molecule has 0 unspecified atom stereocenters. The number of aromatic nitrogens is 1. The number of fused-ring (bicyclic) bond motifs is 1. The number of rotatable bonds is 18. The van der Waals surface area contributed by atoms with Gasteiger partial charge in [0.05, 0.1) is 18.6 Å². The lowest BCUT2D eigenvalue weighted by atomic mass is 9.97. The number of allylic oxidation sites excluding steroid dienone is 2. The van der Waals surface area contributed by atoms with Crippen LogP contribution in [0.3, 0.4) is 0 Å². The lowest BCUT2D eigenvalue weighted by molar-refractivity contribution is -0.145. The fraction of sp³-hybridized carbons (Fsp3) is 0.364. The van der Waals surface area contributed by atoms with Crippen LogP contribution < -0.4 is 5.32 Å². The largest absolute Gasteiger partial charge is 0.463 e. The maximum Gasteiger partial charge on any atom is 0.305 e. The van der Waals surface area contributed by atoms with E-state index in [0.717, 1.165) is 28.5 Å². The van der Waals surface area contributed by atoms with Crippen LogP contribution in [0.5, 0.6) is 0 Å². The number of amides is 2. The number of unbranched alkanes of at least 4 members (excludes halogenated alkanes) is 1. The van der Waals surface area contributed by atoms with Gasteiger partial charge in [0.25, 0.3) is 0 Å². The van der Waals surface area contributed by atoms with Gasteiger partial charge in [-0.1, -0.05) is 60.7 Å². The van der Waals surface area contributed by atoms with Crippen LogP contribution in [0.25, 0.3) is 10.9 Å². The number of aliphatic hydroxyl groups is 1. The number of H-pyrrole nitrogens is 1. The van der Waals surface area contributed by atoms with Crippen molar-refractivity contribution in [3.63, 3.8) is 0 Å². The summed E-state index contributed by atoms with van der Waals surface area (Å²) >= 11 is 0. The Morgan fingerprint density at radius 2 is 1.80 bits per heavy atom. The van der Waals surface area contributed by atoms with Gasteiger partial charge in [0, 0.05) is 43.0 Å². The second kappa shape index (κ2) is 16.8. The minimum Gasteiger partial charge on any atom is -0.463 e. The lowest BCUT2D eigenvalue weighted by Gasteiger charge is -2.26. The molecule has 1 aromatic heterocycles. The third-order valence-corrected chi connectivity index (χ3v) is 6.90. The summed E-state index contributed by atoms with van der Waals surface area (Å²) < 4.78 is 5.55. The van der Waals surface area contributed by atoms with E-state index in [9.17, 15) is 19.5 Å². The van der Waals surface area contributed by atoms with E-state index in [2.05, 4.69) is 23.5 Å². The van der Waals surface area contributed by atoms with Crippen LogP contribution in [0, 0.1) is 5.92 Å². The van der Waals surface area contributed by atoms with Crippen molar-refractivity contribution in [1.29, 1.82) is 0 Å². The summed E-state index contributed by atoms with van der Waals surface area (Å²) in [7, 11) is 0. The molecule has 0 aliphatic carbocycles. The van der Waals surface area contributed by atoms with Crippen molar-refractivity contribution in [2.75, 3.05) is 19.8 Å². The number of para-hydroxylation sites is 1. The van der Waals surface area contributed by atoms with Crippen LogP contribution in [0.15, 0.2) is 86.1 Å². The number of aromatic amines is 1. The second-order valence-electron chi connectivity index (χ2n) is 10.1. The quantitative estimate of drug-likeness (QED) is 0.119. The topological polar surface area (TPSA) is 112 Å². The minimum atomic E-state index is -0.661. The Morgan fingerprint density at radius 3 is 2.54 bits per heavy atom. The Labute approximate surface area is 242 Å². The molecule has 0 bridgehead atoms. The first kappa shape index (κ1) is 31.4. The van der Waals surface area contributed by atoms with Crippen molar-refractivity contribution in [2.24, 2.45) is 5.92 Å². The molecule has 3 aromatic rings. The van der Waals surface area contributed by atoms with E-state index >= 15 is 0 Å². The van der Waals surface area contributed by atoms with Gasteiger partial charge in [0.15, 0.2) is 0 Å². The summed E-state index contributed by atoms with van der Waals surface area (Å²) in [6.07, 6.45) is 7.64. The predicted molar refractivity (Wildman–Crippen MR) is 161 cm³/mol. The van der Waals surface area contributed by atoms with Crippen molar-refractivity contribution in [3.8, 4) is 0 Å². The van der Waals surface area contributed by atoms with Crippen molar-refractivity contribution < 1.29 is 24.2 Å². The highest BCUT2D eigenvalue weighted by atomic mass is 16.5. The van der Waals surface area contributed by atoms with E-state index in [1.54, 1.807) is 17.1 Å². The number of ether oxygens (including phenoxy) is 1. The molecule has 2 amide bonds. The zero-order chi connectivity index (χ0) is 29.5. The van der Waals surface area contributed by atoms with Crippen LogP contribution in [0.4, 0.5) is 0 Å². The SMILES string of the molecule is C=CCCCC(=O)OC[C@H](Cc1c[nH]c2ccccc12)NC(=O)[C@@H](CC=C)CC(=O)N(CCO)Cc1ccccc1. The molecule has 1 heterocycles. The summed E-state index contributed by atoms with van der Waals surface area (Å²) in [5.41, 5.74) is 2.90. The number of aliphatic hydroxyl groups excluding tert-OH is 1. The molecular formula is C33H41N3O5. The summed E-state index contributed by atoms with van der Waals surface area (Å²) in [6, 6.07) is 16.9. The van der Waals surface area contributed by atoms with Gasteiger partial charge in [0.2, 0.25) is 11.8 Å². The van der Waals surface area contributed by atoms with E-state index in [0.29, 0.717) is 25.8 Å². The van der Waals surface area contributed by atoms with Gasteiger partial charge in [-0.25, -0.2) is 0 Å². The number of benzene rings is 2. The molecule has 0 radical (unpaired) electrons. The number of carbonyl (C=O) groups excluding carboxylic acids is 3. The summed E-state index contributed by atoms with van der Waals surface area (Å²) in [5.74, 6) is -1.53. The summed E-state index contributed by atoms with van der Waals surface area (Å²) in [6.45, 7) is 7.80. The molecule has 2 atom stereocenters. The Kier molecular flexibility index (Phi) is 12.9. The zero-order valence-electron chi connectivity index (χ0n) is 23.6. The fourth-order valence-corrected chi connectivity index (χ4v) is 4.73. The van der Waals surface area contributed by atoms with Crippen LogP contribution >= 0.6 is 0 Å². The van der Waals surface area contributed by atoms with E-state index in [4.69, 9.17) is 4.74 Å². The van der Waals surface area contributed by atoms with Crippen LogP contribution in [0.2, 0.25) is 0 Å². The van der Waals surface area contributed by atoms with E-state index < -0.39 is 12.0 Å². The highest BCUT2D eigenvalue weighted by Crippen LogP contribution is 2.20. The van der Waals surface area contributed by atoms with Gasteiger partial charge < -0.3 is 25.0 Å². The molecule has 0 fully saturated rings. The average Bonchev–Trinajstić information content (AvgIpc) is 3.38. The molecule has 218 valence electrons. The Morgan fingerprint density at radius 1 is 1.05 bits per heavy atom. The Hall–Kier alpha value is -4.17. The number of carbonyl (C=O) groups is 3. The van der Waals surface area contributed by atoms with Crippen LogP contribution in [0.1, 0.15) is 43.2 Å². The Balaban J connectivity index is 1.72. The standard InChI is InChI=1S/C33H41N3O5/c1-3-5-7-17-32(39)41-24-28(20-27-22-34-30-16-11-10-15-29(27)30)35-33(40)26(12-4-2)21-31(38)36(18-19-37)23-25-13-8-6-9-14-25/h3-4,6,8-11,13-16,22,26,28,34,37H,1-2,5,7,12,17-21,23-24H2,(H,35,40)/t26-,28-/m0/s1. The first-order chi connectivity index (χ1) is 19.9. The van der Waals surface area contributed by atoms with E-state index in [1.807, 2.05) is 60.8 Å². The van der Waals surface area contributed by atoms with Gasteiger partial charge in [0.1, 0.15) is 6.61 Å². The number of esters is 1. The Bertz CT molecular complexity index is 1290. The van der Waals surface area contributed by atoms with E-state index in [1.165, 1.54) is 0 Å². The second-order valence-corrected chi connectivity index (χ2v) is 10.1. The van der Waals surface area contributed by atoms with Gasteiger partial charge in [-0.2, -0.15) is 0 Å². The predicted octanol–water partition coefficient (Wildman–Crippen LogP) is 4.70. The molecule has 2 aromatic carbocycles. The number of nitrogens with zero attached hydrogens (tertiary/aromatic N) is 1. The maximum atomic E-state index is 13.5. The van der Waals surface area contributed by atoms with Crippen molar-refractivity contribution in [3.05, 3.63) is 97.2 Å². The van der Waals surface area contributed by atoms with Crippen LogP contribution in [-0.4, -0.2) is 58.6 Å². The maximum absolute atomic E-state index is 13.5. The molecule has 8 heteroatoms. The van der Waals surface area contributed by atoms with Crippen molar-refractivity contribution >= 4 is 28.7 Å². The highest BCUT2D eigenvalue weighted by Gasteiger charge is 2.27. The van der Waals surface area contributed by atoms with Gasteiger partial charge in [-0.3, -0.25) is 14.4 Å². The molecule has 0 spiro atoms. The summed E-state index contributed by atoms with van der Waals surface area (Å²) in [5, 5.41) is 13.6. The lowest BCUT2D eigenvalue weighted by Crippen LogP contribution is -2.44. The van der Waals surface area contributed by atoms with Crippen molar-refractivity contribution in [2.45, 2.75) is 51.1 Å². The normalized spacial score (nSPS) is 12.3. The molecule has 8 nitrogen and oxygen atoms in total. The summed E-state index contributed by atoms with van der Waals surface area (Å²) in [4.78, 5) is 43.9. The first-order valence-electron chi connectivity index (χ1n) is 14.1. The first-order valence-corrected chi connectivity index (χ1v) is 14.1. The minimum absolute atomic E-state index is 0.0115. The van der Waals surface area contributed by atoms with Gasteiger partial charge in [-0.15, -0.1) is 13.2 Å². The van der Waals surface area contributed by atoms with Crippen LogP contribution in [-0.2, 0) is 32.1 Å². The zero-order valence-corrected chi connectivity index (χ0v) is 23.6. The molecule has 0 aliphatic rings. The molecule has 0 saturated heterocycles. The average molecular weight is 560 g/mol. The molecule has 0 saturated carbocycles. The smallest absolute Gasteiger partial charge is 0.305 e. The third kappa shape index (κ3) is 10.1. The highest BCUT2D eigenvalue weighted by molar-refractivity contribution is 5.86. The molecular weight excluding hydrogens is 518 g/mol. The molecule has 0 aliphatic heterocycles.